The van der Waals surface area contributed by atoms with Gasteiger partial charge in [0.25, 0.3) is 0 Å². The van der Waals surface area contributed by atoms with Gasteiger partial charge in [-0.3, -0.25) is 5.32 Å². The van der Waals surface area contributed by atoms with Crippen LogP contribution in [0.25, 0.3) is 0 Å². The summed E-state index contributed by atoms with van der Waals surface area (Å²) in [5.74, 6) is 0.671. The lowest BCUT2D eigenvalue weighted by molar-refractivity contribution is 0.0816. The highest BCUT2D eigenvalue weighted by Crippen LogP contribution is 2.17. The average molecular weight is 287 g/mol. The minimum Gasteiger partial charge on any atom is -0.381 e. The van der Waals surface area contributed by atoms with Crippen LogP contribution in [0.4, 0.5) is 0 Å². The Hall–Kier alpha value is -0.120. The predicted molar refractivity (Wildman–Crippen MR) is 86.9 cm³/mol. The van der Waals surface area contributed by atoms with E-state index in [1.165, 1.54) is 44.9 Å². The SMILES string of the molecule is CCCCC(CCCC(CC)CNC(O)CCC)OC. The molecule has 0 aliphatic rings. The first-order valence-corrected chi connectivity index (χ1v) is 8.62. The van der Waals surface area contributed by atoms with Crippen LogP contribution in [0.2, 0.25) is 0 Å². The molecule has 0 fully saturated rings. The molecule has 3 heteroatoms. The third kappa shape index (κ3) is 10.6. The van der Waals surface area contributed by atoms with Crippen molar-refractivity contribution in [3.8, 4) is 0 Å². The lowest BCUT2D eigenvalue weighted by Gasteiger charge is -2.20. The fraction of sp³-hybridized carbons (Fsp3) is 1.00. The topological polar surface area (TPSA) is 41.5 Å². The Labute approximate surface area is 126 Å². The molecular formula is C17H37NO2. The Kier molecular flexibility index (Phi) is 13.8. The van der Waals surface area contributed by atoms with Crippen molar-refractivity contribution in [3.05, 3.63) is 0 Å². The number of unbranched alkanes of at least 4 members (excludes halogenated alkanes) is 1. The molecule has 0 spiro atoms. The van der Waals surface area contributed by atoms with Crippen LogP contribution in [0.15, 0.2) is 0 Å². The monoisotopic (exact) mass is 287 g/mol. The van der Waals surface area contributed by atoms with Gasteiger partial charge >= 0.3 is 0 Å². The van der Waals surface area contributed by atoms with Crippen LogP contribution < -0.4 is 5.32 Å². The van der Waals surface area contributed by atoms with E-state index in [1.54, 1.807) is 0 Å². The van der Waals surface area contributed by atoms with E-state index in [1.807, 2.05) is 7.11 Å². The van der Waals surface area contributed by atoms with Gasteiger partial charge in [-0.05, 0) is 31.6 Å². The number of ether oxygens (including phenoxy) is 1. The van der Waals surface area contributed by atoms with E-state index in [0.717, 1.165) is 19.4 Å². The number of aliphatic hydroxyl groups is 1. The van der Waals surface area contributed by atoms with Gasteiger partial charge < -0.3 is 9.84 Å². The Morgan fingerprint density at radius 2 is 1.65 bits per heavy atom. The molecule has 0 saturated carbocycles. The van der Waals surface area contributed by atoms with E-state index in [-0.39, 0.29) is 6.23 Å². The predicted octanol–water partition coefficient (Wildman–Crippen LogP) is 4.10. The molecule has 3 atom stereocenters. The van der Waals surface area contributed by atoms with Gasteiger partial charge in [0.2, 0.25) is 0 Å². The summed E-state index contributed by atoms with van der Waals surface area (Å²) in [5.41, 5.74) is 0. The third-order valence-corrected chi connectivity index (χ3v) is 4.13. The molecule has 0 radical (unpaired) electrons. The maximum absolute atomic E-state index is 9.71. The quantitative estimate of drug-likeness (QED) is 0.473. The molecule has 0 aromatic carbocycles. The van der Waals surface area contributed by atoms with Gasteiger partial charge in [0.1, 0.15) is 6.23 Å². The number of aliphatic hydroxyl groups excluding tert-OH is 1. The van der Waals surface area contributed by atoms with Gasteiger partial charge in [0.15, 0.2) is 0 Å². The lowest BCUT2D eigenvalue weighted by atomic mass is 9.96. The Morgan fingerprint density at radius 1 is 0.950 bits per heavy atom. The van der Waals surface area contributed by atoms with Crippen molar-refractivity contribution < 1.29 is 9.84 Å². The van der Waals surface area contributed by atoms with Crippen molar-refractivity contribution in [3.63, 3.8) is 0 Å². The summed E-state index contributed by atoms with van der Waals surface area (Å²) in [5, 5.41) is 13.0. The summed E-state index contributed by atoms with van der Waals surface area (Å²) in [6, 6.07) is 0. The summed E-state index contributed by atoms with van der Waals surface area (Å²) < 4.78 is 5.54. The Bertz CT molecular complexity index is 199. The first-order valence-electron chi connectivity index (χ1n) is 8.62. The van der Waals surface area contributed by atoms with E-state index >= 15 is 0 Å². The molecule has 2 N–H and O–H groups in total. The summed E-state index contributed by atoms with van der Waals surface area (Å²) in [4.78, 5) is 0. The molecule has 20 heavy (non-hydrogen) atoms. The van der Waals surface area contributed by atoms with Crippen LogP contribution in [0, 0.1) is 5.92 Å². The average Bonchev–Trinajstić information content (AvgIpc) is 2.46. The summed E-state index contributed by atoms with van der Waals surface area (Å²) in [7, 11) is 1.83. The molecular weight excluding hydrogens is 250 g/mol. The molecule has 0 rings (SSSR count). The van der Waals surface area contributed by atoms with Crippen molar-refractivity contribution in [2.24, 2.45) is 5.92 Å². The smallest absolute Gasteiger partial charge is 0.104 e. The molecule has 0 bridgehead atoms. The number of hydrogen-bond acceptors (Lipinski definition) is 3. The number of methoxy groups -OCH3 is 1. The second-order valence-electron chi connectivity index (χ2n) is 5.92. The molecule has 0 aliphatic carbocycles. The highest BCUT2D eigenvalue weighted by atomic mass is 16.5. The Balaban J connectivity index is 3.76. The van der Waals surface area contributed by atoms with Gasteiger partial charge in [0, 0.05) is 13.7 Å². The van der Waals surface area contributed by atoms with Crippen LogP contribution in [0.1, 0.15) is 78.6 Å². The highest BCUT2D eigenvalue weighted by Gasteiger charge is 2.11. The normalized spacial score (nSPS) is 16.1. The van der Waals surface area contributed by atoms with Gasteiger partial charge in [0.05, 0.1) is 6.10 Å². The van der Waals surface area contributed by atoms with Gasteiger partial charge in [-0.2, -0.15) is 0 Å². The lowest BCUT2D eigenvalue weighted by Crippen LogP contribution is -2.33. The third-order valence-electron chi connectivity index (χ3n) is 4.13. The first-order chi connectivity index (χ1) is 9.67. The highest BCUT2D eigenvalue weighted by molar-refractivity contribution is 4.65. The molecule has 0 aromatic heterocycles. The van der Waals surface area contributed by atoms with E-state index < -0.39 is 0 Å². The zero-order valence-electron chi connectivity index (χ0n) is 14.2. The zero-order chi connectivity index (χ0) is 15.2. The largest absolute Gasteiger partial charge is 0.381 e. The van der Waals surface area contributed by atoms with Gasteiger partial charge in [-0.25, -0.2) is 0 Å². The molecule has 3 nitrogen and oxygen atoms in total. The van der Waals surface area contributed by atoms with Crippen molar-refractivity contribution in [2.75, 3.05) is 13.7 Å². The van der Waals surface area contributed by atoms with Crippen LogP contribution in [-0.4, -0.2) is 31.1 Å². The summed E-state index contributed by atoms with van der Waals surface area (Å²) >= 11 is 0. The fourth-order valence-electron chi connectivity index (χ4n) is 2.57. The van der Waals surface area contributed by atoms with Crippen LogP contribution in [0.5, 0.6) is 0 Å². The second kappa shape index (κ2) is 13.8. The van der Waals surface area contributed by atoms with Crippen molar-refractivity contribution in [2.45, 2.75) is 90.9 Å². The number of nitrogens with one attached hydrogen (secondary N) is 1. The molecule has 3 unspecified atom stereocenters. The molecule has 122 valence electrons. The van der Waals surface area contributed by atoms with E-state index in [4.69, 9.17) is 4.74 Å². The molecule has 0 amide bonds. The minimum absolute atomic E-state index is 0.328. The van der Waals surface area contributed by atoms with E-state index in [9.17, 15) is 5.11 Å². The standard InChI is InChI=1S/C17H37NO2/c1-5-8-12-16(20-4)13-9-11-15(7-3)14-18-17(19)10-6-2/h15-19H,5-14H2,1-4H3. The maximum Gasteiger partial charge on any atom is 0.104 e. The Morgan fingerprint density at radius 3 is 2.20 bits per heavy atom. The van der Waals surface area contributed by atoms with Crippen molar-refractivity contribution in [1.29, 1.82) is 0 Å². The van der Waals surface area contributed by atoms with E-state index in [2.05, 4.69) is 26.1 Å². The van der Waals surface area contributed by atoms with Crippen LogP contribution >= 0.6 is 0 Å². The molecule has 0 aromatic rings. The van der Waals surface area contributed by atoms with Gasteiger partial charge in [-0.15, -0.1) is 0 Å². The summed E-state index contributed by atoms with van der Waals surface area (Å²) in [6.45, 7) is 7.50. The summed E-state index contributed by atoms with van der Waals surface area (Å²) in [6.07, 6.45) is 10.5. The number of rotatable bonds is 14. The zero-order valence-corrected chi connectivity index (χ0v) is 14.2. The van der Waals surface area contributed by atoms with E-state index in [0.29, 0.717) is 12.0 Å². The first kappa shape index (κ1) is 19.9. The maximum atomic E-state index is 9.71. The van der Waals surface area contributed by atoms with Gasteiger partial charge in [-0.1, -0.05) is 52.9 Å². The molecule has 0 heterocycles. The van der Waals surface area contributed by atoms with Crippen LogP contribution in [-0.2, 0) is 4.74 Å². The second-order valence-corrected chi connectivity index (χ2v) is 5.92. The molecule has 0 aliphatic heterocycles. The van der Waals surface area contributed by atoms with Crippen molar-refractivity contribution >= 4 is 0 Å². The molecule has 0 saturated heterocycles. The van der Waals surface area contributed by atoms with Crippen molar-refractivity contribution in [1.82, 2.24) is 5.32 Å². The van der Waals surface area contributed by atoms with Crippen LogP contribution in [0.3, 0.4) is 0 Å². The number of hydrogen-bond donors (Lipinski definition) is 2. The fourth-order valence-corrected chi connectivity index (χ4v) is 2.57. The minimum atomic E-state index is -0.328.